The summed E-state index contributed by atoms with van der Waals surface area (Å²) < 4.78 is 40.6. The van der Waals surface area contributed by atoms with Crippen molar-refractivity contribution in [2.24, 2.45) is 0 Å². The number of nitrogens with two attached hydrogens (primary N) is 1. The van der Waals surface area contributed by atoms with E-state index in [0.717, 1.165) is 23.3 Å². The number of carbonyl (C=O) groups is 1. The Labute approximate surface area is 212 Å². The molecule has 0 saturated heterocycles. The molecule has 6 nitrogen and oxygen atoms in total. The second kappa shape index (κ2) is 10.7. The van der Waals surface area contributed by atoms with Gasteiger partial charge in [-0.2, -0.15) is 13.2 Å². The molecule has 0 bridgehead atoms. The first-order valence-corrected chi connectivity index (χ1v) is 11.0. The number of amides is 1. The Bertz CT molecular complexity index is 1400. The Hall–Kier alpha value is -4.03. The molecule has 0 atom stereocenters. The van der Waals surface area contributed by atoms with Gasteiger partial charge in [-0.05, 0) is 62.6 Å². The van der Waals surface area contributed by atoms with Crippen molar-refractivity contribution in [3.05, 3.63) is 87.5 Å². The average molecular weight is 514 g/mol. The normalized spacial score (nSPS) is 10.8. The molecule has 0 aliphatic rings. The molecule has 0 radical (unpaired) electrons. The minimum absolute atomic E-state index is 0.0128. The van der Waals surface area contributed by atoms with E-state index in [1.165, 1.54) is 12.3 Å². The van der Waals surface area contributed by atoms with Crippen molar-refractivity contribution in [3.63, 3.8) is 0 Å². The van der Waals surface area contributed by atoms with Gasteiger partial charge in [0.05, 0.1) is 11.8 Å². The molecule has 0 fully saturated rings. The zero-order valence-corrected chi connectivity index (χ0v) is 20.7. The predicted molar refractivity (Wildman–Crippen MR) is 136 cm³/mol. The zero-order valence-electron chi connectivity index (χ0n) is 20.0. The number of aromatic nitrogens is 2. The lowest BCUT2D eigenvalue weighted by atomic mass is 10.0. The number of allylic oxidation sites excluding steroid dienone is 1. The van der Waals surface area contributed by atoms with Gasteiger partial charge in [0.2, 0.25) is 0 Å². The average Bonchev–Trinajstić information content (AvgIpc) is 2.79. The monoisotopic (exact) mass is 513 g/mol. The second-order valence-electron chi connectivity index (χ2n) is 8.25. The van der Waals surface area contributed by atoms with Crippen molar-refractivity contribution in [2.75, 3.05) is 23.0 Å². The predicted octanol–water partition coefficient (Wildman–Crippen LogP) is 6.05. The minimum atomic E-state index is -4.58. The van der Waals surface area contributed by atoms with E-state index in [9.17, 15) is 18.0 Å². The molecular formula is C26H23ClF3N5O. The van der Waals surface area contributed by atoms with E-state index in [1.54, 1.807) is 36.3 Å². The van der Waals surface area contributed by atoms with Crippen molar-refractivity contribution >= 4 is 34.7 Å². The summed E-state index contributed by atoms with van der Waals surface area (Å²) >= 11 is 5.87. The van der Waals surface area contributed by atoms with Crippen LogP contribution in [-0.2, 0) is 6.18 Å². The number of carbonyl (C=O) groups excluding carboxylic acids is 1. The molecule has 186 valence electrons. The number of aryl methyl sites for hydroxylation is 1. The molecule has 0 saturated carbocycles. The van der Waals surface area contributed by atoms with Crippen LogP contribution in [0.3, 0.4) is 0 Å². The number of anilines is 3. The number of benzene rings is 2. The third-order valence-corrected chi connectivity index (χ3v) is 5.22. The third-order valence-electron chi connectivity index (χ3n) is 4.94. The number of hydrogen-bond acceptors (Lipinski definition) is 5. The molecule has 1 amide bonds. The van der Waals surface area contributed by atoms with Crippen LogP contribution in [0.15, 0.2) is 54.4 Å². The Morgan fingerprint density at radius 1 is 1.17 bits per heavy atom. The molecule has 0 aliphatic carbocycles. The van der Waals surface area contributed by atoms with Gasteiger partial charge in [0.15, 0.2) is 11.0 Å². The Morgan fingerprint density at radius 3 is 2.53 bits per heavy atom. The highest BCUT2D eigenvalue weighted by Crippen LogP contribution is 2.34. The second-order valence-corrected chi connectivity index (χ2v) is 8.61. The molecule has 2 aromatic carbocycles. The van der Waals surface area contributed by atoms with E-state index in [-0.39, 0.29) is 27.9 Å². The number of nitrogens with one attached hydrogen (secondary N) is 1. The number of hydrogen-bond donors (Lipinski definition) is 2. The molecule has 10 heteroatoms. The lowest BCUT2D eigenvalue weighted by Gasteiger charge is -2.19. The van der Waals surface area contributed by atoms with Crippen LogP contribution in [0.5, 0.6) is 0 Å². The van der Waals surface area contributed by atoms with Gasteiger partial charge in [0.1, 0.15) is 5.69 Å². The molecule has 0 spiro atoms. The topological polar surface area (TPSA) is 84.1 Å². The van der Waals surface area contributed by atoms with E-state index in [4.69, 9.17) is 17.3 Å². The van der Waals surface area contributed by atoms with Crippen molar-refractivity contribution in [2.45, 2.75) is 26.9 Å². The lowest BCUT2D eigenvalue weighted by Crippen LogP contribution is -2.16. The SMILES string of the molecule is CC(C)=CN(C)c1cc(NC(=O)c2ccc(C)c(C#Cc3cnc(N)c(Cl)n3)c2)cc(C(F)(F)F)c1. The fraction of sp³-hybridized carbons (Fsp3) is 0.192. The largest absolute Gasteiger partial charge is 0.416 e. The van der Waals surface area contributed by atoms with Crippen LogP contribution in [-0.4, -0.2) is 22.9 Å². The van der Waals surface area contributed by atoms with Gasteiger partial charge in [0.25, 0.3) is 5.91 Å². The highest BCUT2D eigenvalue weighted by Gasteiger charge is 2.31. The van der Waals surface area contributed by atoms with Gasteiger partial charge < -0.3 is 16.0 Å². The zero-order chi connectivity index (χ0) is 26.6. The summed E-state index contributed by atoms with van der Waals surface area (Å²) in [6.45, 7) is 5.48. The summed E-state index contributed by atoms with van der Waals surface area (Å²) in [5, 5.41) is 2.60. The van der Waals surface area contributed by atoms with Crippen LogP contribution >= 0.6 is 11.6 Å². The first-order valence-electron chi connectivity index (χ1n) is 10.7. The molecule has 3 rings (SSSR count). The summed E-state index contributed by atoms with van der Waals surface area (Å²) in [5.74, 6) is 5.23. The number of rotatable bonds is 4. The number of alkyl halides is 3. The molecule has 1 heterocycles. The fourth-order valence-electron chi connectivity index (χ4n) is 3.18. The Kier molecular flexibility index (Phi) is 7.90. The van der Waals surface area contributed by atoms with Crippen molar-refractivity contribution < 1.29 is 18.0 Å². The summed E-state index contributed by atoms with van der Waals surface area (Å²) in [7, 11) is 1.64. The summed E-state index contributed by atoms with van der Waals surface area (Å²) in [6.07, 6.45) is -1.51. The van der Waals surface area contributed by atoms with Crippen molar-refractivity contribution in [1.82, 2.24) is 9.97 Å². The van der Waals surface area contributed by atoms with Crippen LogP contribution in [0.2, 0.25) is 5.15 Å². The number of nitrogens with zero attached hydrogens (tertiary/aromatic N) is 3. The maximum atomic E-state index is 13.5. The van der Waals surface area contributed by atoms with Gasteiger partial charge in [-0.3, -0.25) is 4.79 Å². The number of nitrogen functional groups attached to an aromatic ring is 1. The van der Waals surface area contributed by atoms with Crippen LogP contribution in [0.1, 0.15) is 46.6 Å². The Morgan fingerprint density at radius 2 is 1.89 bits per heavy atom. The van der Waals surface area contributed by atoms with Gasteiger partial charge in [-0.1, -0.05) is 29.2 Å². The maximum Gasteiger partial charge on any atom is 0.416 e. The van der Waals surface area contributed by atoms with E-state index in [0.29, 0.717) is 11.3 Å². The maximum absolute atomic E-state index is 13.5. The first kappa shape index (κ1) is 26.6. The lowest BCUT2D eigenvalue weighted by molar-refractivity contribution is -0.137. The van der Waals surface area contributed by atoms with E-state index < -0.39 is 17.6 Å². The van der Waals surface area contributed by atoms with Crippen LogP contribution in [0.4, 0.5) is 30.4 Å². The molecule has 1 aromatic heterocycles. The van der Waals surface area contributed by atoms with E-state index in [1.807, 2.05) is 20.8 Å². The van der Waals surface area contributed by atoms with E-state index in [2.05, 4.69) is 27.1 Å². The van der Waals surface area contributed by atoms with Crippen LogP contribution in [0.25, 0.3) is 0 Å². The molecule has 3 N–H and O–H groups in total. The quantitative estimate of drug-likeness (QED) is 0.415. The summed E-state index contributed by atoms with van der Waals surface area (Å²) in [6, 6.07) is 8.22. The highest BCUT2D eigenvalue weighted by atomic mass is 35.5. The fourth-order valence-corrected chi connectivity index (χ4v) is 3.32. The van der Waals surface area contributed by atoms with Gasteiger partial charge in [0, 0.05) is 35.7 Å². The Balaban J connectivity index is 1.92. The van der Waals surface area contributed by atoms with Gasteiger partial charge in [-0.25, -0.2) is 9.97 Å². The highest BCUT2D eigenvalue weighted by molar-refractivity contribution is 6.31. The summed E-state index contributed by atoms with van der Waals surface area (Å²) in [5.41, 5.74) is 7.71. The number of halogens is 4. The first-order chi connectivity index (χ1) is 16.8. The molecular weight excluding hydrogens is 491 g/mol. The summed E-state index contributed by atoms with van der Waals surface area (Å²) in [4.78, 5) is 22.4. The molecule has 36 heavy (non-hydrogen) atoms. The molecule has 0 unspecified atom stereocenters. The third kappa shape index (κ3) is 6.77. The standard InChI is InChI=1S/C26H23ClF3N5O/c1-15(2)14-35(4)22-11-19(26(28,29)30)10-21(12-22)34-25(36)18-6-5-16(3)17(9-18)7-8-20-13-32-24(31)23(27)33-20/h5-6,9-14H,1-4H3,(H2,31,32)(H,34,36). The van der Waals surface area contributed by atoms with Crippen molar-refractivity contribution in [1.29, 1.82) is 0 Å². The molecule has 0 aliphatic heterocycles. The molecule has 3 aromatic rings. The van der Waals surface area contributed by atoms with E-state index >= 15 is 0 Å². The van der Waals surface area contributed by atoms with Gasteiger partial charge in [-0.15, -0.1) is 0 Å². The van der Waals surface area contributed by atoms with Gasteiger partial charge >= 0.3 is 6.18 Å². The van der Waals surface area contributed by atoms with Crippen LogP contribution in [0, 0.1) is 18.8 Å². The minimum Gasteiger partial charge on any atom is -0.381 e. The smallest absolute Gasteiger partial charge is 0.381 e. The van der Waals surface area contributed by atoms with Crippen LogP contribution < -0.4 is 16.0 Å². The van der Waals surface area contributed by atoms with Crippen molar-refractivity contribution in [3.8, 4) is 11.8 Å².